The Kier molecular flexibility index (Phi) is 3.61. The number of rotatable bonds is 2. The van der Waals surface area contributed by atoms with Crippen LogP contribution in [0.2, 0.25) is 0 Å². The minimum absolute atomic E-state index is 1.21. The van der Waals surface area contributed by atoms with Gasteiger partial charge in [0.2, 0.25) is 0 Å². The van der Waals surface area contributed by atoms with Crippen LogP contribution in [0, 0.1) is 13.8 Å². The minimum atomic E-state index is 1.21. The van der Waals surface area contributed by atoms with E-state index in [0.29, 0.717) is 0 Å². The molecule has 0 fully saturated rings. The maximum atomic E-state index is 2.37. The van der Waals surface area contributed by atoms with Crippen LogP contribution in [0.3, 0.4) is 0 Å². The molecule has 0 aliphatic rings. The van der Waals surface area contributed by atoms with Crippen molar-refractivity contribution >= 4 is 21.8 Å². The largest absolute Gasteiger partial charge is 0.309 e. The Bertz CT molecular complexity index is 1290. The number of hydrogen-bond donors (Lipinski definition) is 0. The van der Waals surface area contributed by atoms with Gasteiger partial charge in [-0.15, -0.1) is 0 Å². The van der Waals surface area contributed by atoms with Crippen LogP contribution in [-0.4, -0.2) is 4.57 Å². The Morgan fingerprint density at radius 2 is 1.22 bits per heavy atom. The van der Waals surface area contributed by atoms with Crippen molar-refractivity contribution in [1.29, 1.82) is 0 Å². The molecule has 0 amide bonds. The SMILES string of the molecule is Cc1cccc(-c2ccc3c(c2)c2ccccc2n3-c2cccc(C)c2)c1. The van der Waals surface area contributed by atoms with Crippen molar-refractivity contribution in [2.24, 2.45) is 0 Å². The number of aromatic nitrogens is 1. The summed E-state index contributed by atoms with van der Waals surface area (Å²) >= 11 is 0. The Labute approximate surface area is 159 Å². The van der Waals surface area contributed by atoms with E-state index in [1.807, 2.05) is 0 Å². The van der Waals surface area contributed by atoms with Crippen LogP contribution in [0.1, 0.15) is 11.1 Å². The van der Waals surface area contributed by atoms with E-state index in [2.05, 4.69) is 109 Å². The van der Waals surface area contributed by atoms with Crippen molar-refractivity contribution in [3.05, 3.63) is 102 Å². The summed E-state index contributed by atoms with van der Waals surface area (Å²) in [5.74, 6) is 0. The zero-order valence-corrected chi connectivity index (χ0v) is 15.6. The summed E-state index contributed by atoms with van der Waals surface area (Å²) in [5.41, 5.74) is 8.80. The summed E-state index contributed by atoms with van der Waals surface area (Å²) in [7, 11) is 0. The summed E-state index contributed by atoms with van der Waals surface area (Å²) in [4.78, 5) is 0. The molecule has 1 aromatic heterocycles. The molecule has 0 aliphatic carbocycles. The molecule has 0 saturated carbocycles. The number of hydrogen-bond acceptors (Lipinski definition) is 0. The third-order valence-corrected chi connectivity index (χ3v) is 5.28. The van der Waals surface area contributed by atoms with E-state index in [-0.39, 0.29) is 0 Å². The number of fused-ring (bicyclic) bond motifs is 3. The monoisotopic (exact) mass is 347 g/mol. The number of aryl methyl sites for hydroxylation is 2. The van der Waals surface area contributed by atoms with Gasteiger partial charge in [-0.1, -0.05) is 66.2 Å². The predicted molar refractivity (Wildman–Crippen MR) is 116 cm³/mol. The van der Waals surface area contributed by atoms with Gasteiger partial charge < -0.3 is 4.57 Å². The van der Waals surface area contributed by atoms with Gasteiger partial charge in [-0.3, -0.25) is 0 Å². The maximum absolute atomic E-state index is 2.37. The van der Waals surface area contributed by atoms with E-state index in [4.69, 9.17) is 0 Å². The normalized spacial score (nSPS) is 11.3. The molecule has 4 aromatic carbocycles. The van der Waals surface area contributed by atoms with Crippen molar-refractivity contribution in [2.45, 2.75) is 13.8 Å². The topological polar surface area (TPSA) is 4.93 Å². The van der Waals surface area contributed by atoms with Crippen LogP contribution >= 0.6 is 0 Å². The highest BCUT2D eigenvalue weighted by Crippen LogP contribution is 2.35. The molecule has 0 N–H and O–H groups in total. The van der Waals surface area contributed by atoms with Crippen LogP contribution in [-0.2, 0) is 0 Å². The lowest BCUT2D eigenvalue weighted by atomic mass is 10.0. The van der Waals surface area contributed by atoms with Crippen LogP contribution in [0.4, 0.5) is 0 Å². The zero-order chi connectivity index (χ0) is 18.4. The highest BCUT2D eigenvalue weighted by atomic mass is 15.0. The maximum Gasteiger partial charge on any atom is 0.0541 e. The summed E-state index contributed by atoms with van der Waals surface area (Å²) in [5, 5.41) is 2.59. The second kappa shape index (κ2) is 6.14. The molecular weight excluding hydrogens is 326 g/mol. The number of para-hydroxylation sites is 1. The van der Waals surface area contributed by atoms with E-state index >= 15 is 0 Å². The fourth-order valence-corrected chi connectivity index (χ4v) is 4.02. The van der Waals surface area contributed by atoms with E-state index < -0.39 is 0 Å². The molecule has 0 aliphatic heterocycles. The molecule has 1 heterocycles. The van der Waals surface area contributed by atoms with Gasteiger partial charge in [0.25, 0.3) is 0 Å². The first kappa shape index (κ1) is 15.9. The average Bonchev–Trinajstić information content (AvgIpc) is 3.02. The predicted octanol–water partition coefficient (Wildman–Crippen LogP) is 7.07. The zero-order valence-electron chi connectivity index (χ0n) is 15.6. The van der Waals surface area contributed by atoms with E-state index in [1.54, 1.807) is 0 Å². The molecular formula is C26H21N. The second-order valence-electron chi connectivity index (χ2n) is 7.29. The van der Waals surface area contributed by atoms with Gasteiger partial charge in [0.15, 0.2) is 0 Å². The first-order valence-electron chi connectivity index (χ1n) is 9.38. The fraction of sp³-hybridized carbons (Fsp3) is 0.0769. The minimum Gasteiger partial charge on any atom is -0.309 e. The van der Waals surface area contributed by atoms with Crippen LogP contribution in [0.5, 0.6) is 0 Å². The smallest absolute Gasteiger partial charge is 0.0541 e. The molecule has 1 heteroatoms. The van der Waals surface area contributed by atoms with Gasteiger partial charge >= 0.3 is 0 Å². The Morgan fingerprint density at radius 1 is 0.519 bits per heavy atom. The third kappa shape index (κ3) is 2.63. The van der Waals surface area contributed by atoms with Gasteiger partial charge in [-0.2, -0.15) is 0 Å². The lowest BCUT2D eigenvalue weighted by Gasteiger charge is -2.09. The van der Waals surface area contributed by atoms with Gasteiger partial charge in [-0.05, 0) is 60.9 Å². The Balaban J connectivity index is 1.83. The molecule has 0 saturated heterocycles. The lowest BCUT2D eigenvalue weighted by molar-refractivity contribution is 1.17. The fourth-order valence-electron chi connectivity index (χ4n) is 4.02. The first-order chi connectivity index (χ1) is 13.2. The summed E-state index contributed by atoms with van der Waals surface area (Å²) < 4.78 is 2.37. The molecule has 5 rings (SSSR count). The molecule has 0 spiro atoms. The van der Waals surface area contributed by atoms with Crippen molar-refractivity contribution in [3.63, 3.8) is 0 Å². The highest BCUT2D eigenvalue weighted by molar-refractivity contribution is 6.10. The van der Waals surface area contributed by atoms with E-state index in [9.17, 15) is 0 Å². The molecule has 0 bridgehead atoms. The molecule has 1 nitrogen and oxygen atoms in total. The van der Waals surface area contributed by atoms with Crippen molar-refractivity contribution in [3.8, 4) is 16.8 Å². The number of benzene rings is 4. The van der Waals surface area contributed by atoms with E-state index in [1.165, 1.54) is 49.7 Å². The Hall–Kier alpha value is -3.32. The molecule has 0 radical (unpaired) electrons. The quantitative estimate of drug-likeness (QED) is 0.322. The van der Waals surface area contributed by atoms with Gasteiger partial charge in [0.1, 0.15) is 0 Å². The lowest BCUT2D eigenvalue weighted by Crippen LogP contribution is -1.94. The molecule has 130 valence electrons. The summed E-state index contributed by atoms with van der Waals surface area (Å²) in [6.07, 6.45) is 0. The highest BCUT2D eigenvalue weighted by Gasteiger charge is 2.13. The molecule has 27 heavy (non-hydrogen) atoms. The van der Waals surface area contributed by atoms with Gasteiger partial charge in [-0.25, -0.2) is 0 Å². The van der Waals surface area contributed by atoms with Crippen LogP contribution < -0.4 is 0 Å². The van der Waals surface area contributed by atoms with Gasteiger partial charge in [0.05, 0.1) is 11.0 Å². The van der Waals surface area contributed by atoms with E-state index in [0.717, 1.165) is 0 Å². The van der Waals surface area contributed by atoms with Crippen LogP contribution in [0.15, 0.2) is 91.0 Å². The summed E-state index contributed by atoms with van der Waals surface area (Å²) in [6, 6.07) is 32.9. The third-order valence-electron chi connectivity index (χ3n) is 5.28. The first-order valence-corrected chi connectivity index (χ1v) is 9.38. The molecule has 0 unspecified atom stereocenters. The summed E-state index contributed by atoms with van der Waals surface area (Å²) in [6.45, 7) is 4.29. The number of nitrogens with zero attached hydrogens (tertiary/aromatic N) is 1. The van der Waals surface area contributed by atoms with Crippen molar-refractivity contribution < 1.29 is 0 Å². The second-order valence-corrected chi connectivity index (χ2v) is 7.29. The van der Waals surface area contributed by atoms with Crippen LogP contribution in [0.25, 0.3) is 38.6 Å². The molecule has 5 aromatic rings. The van der Waals surface area contributed by atoms with Gasteiger partial charge in [0, 0.05) is 16.5 Å². The Morgan fingerprint density at radius 3 is 2.04 bits per heavy atom. The van der Waals surface area contributed by atoms with Crippen molar-refractivity contribution in [2.75, 3.05) is 0 Å². The standard InChI is InChI=1S/C26H21N/c1-18-7-5-9-20(15-18)21-13-14-26-24(17-21)23-11-3-4-12-25(23)27(26)22-10-6-8-19(2)16-22/h3-17H,1-2H3. The molecule has 0 atom stereocenters. The van der Waals surface area contributed by atoms with Crippen molar-refractivity contribution in [1.82, 2.24) is 4.57 Å². The average molecular weight is 347 g/mol.